The maximum Gasteiger partial charge on any atom is 0.258 e. The summed E-state index contributed by atoms with van der Waals surface area (Å²) in [6, 6.07) is 12.0. The topological polar surface area (TPSA) is 63.1 Å². The molecule has 1 amide bonds. The van der Waals surface area contributed by atoms with E-state index in [0.29, 0.717) is 36.5 Å². The SMILES string of the molecule is Cn1cnnc1[C@@H](c1cccc(N2Cc3c(Cl)cc(CNC4(C)CCC4)cc3C2=O)c1)[C@H]1C[C@@H](F)C1. The molecule has 0 radical (unpaired) electrons. The van der Waals surface area contributed by atoms with E-state index in [-0.39, 0.29) is 23.3 Å². The second-order valence-electron chi connectivity index (χ2n) is 11.0. The molecule has 0 spiro atoms. The molecule has 36 heavy (non-hydrogen) atoms. The van der Waals surface area contributed by atoms with Gasteiger partial charge in [-0.05, 0) is 80.3 Å². The molecule has 3 aliphatic rings. The highest BCUT2D eigenvalue weighted by atomic mass is 35.5. The van der Waals surface area contributed by atoms with E-state index in [0.717, 1.165) is 28.2 Å². The Kier molecular flexibility index (Phi) is 5.88. The Morgan fingerprint density at radius 2 is 2.06 bits per heavy atom. The van der Waals surface area contributed by atoms with Crippen molar-refractivity contribution in [2.75, 3.05) is 4.90 Å². The fourth-order valence-electron chi connectivity index (χ4n) is 5.88. The number of nitrogens with zero attached hydrogens (tertiary/aromatic N) is 4. The van der Waals surface area contributed by atoms with E-state index < -0.39 is 6.17 Å². The van der Waals surface area contributed by atoms with Crippen LogP contribution in [0.4, 0.5) is 10.1 Å². The van der Waals surface area contributed by atoms with E-state index >= 15 is 0 Å². The molecule has 2 saturated carbocycles. The molecule has 6 nitrogen and oxygen atoms in total. The average Bonchev–Trinajstić information content (AvgIpc) is 3.39. The van der Waals surface area contributed by atoms with Gasteiger partial charge in [0.1, 0.15) is 18.3 Å². The lowest BCUT2D eigenvalue weighted by molar-refractivity contribution is 0.0996. The molecule has 3 aromatic rings. The van der Waals surface area contributed by atoms with Gasteiger partial charge < -0.3 is 14.8 Å². The van der Waals surface area contributed by atoms with Crippen molar-refractivity contribution in [2.24, 2.45) is 13.0 Å². The van der Waals surface area contributed by atoms with Crippen LogP contribution in [0.3, 0.4) is 0 Å². The number of hydrogen-bond acceptors (Lipinski definition) is 4. The standard InChI is InChI=1S/C28H31ClFN5O/c1-28(7-4-8-28)31-14-17-9-22-23(24(29)10-17)15-35(27(22)36)21-6-3-5-18(13-21)25(19-11-20(30)12-19)26-33-32-16-34(26)2/h3,5-6,9-10,13,16,19-20,25,31H,4,7-8,11-12,14-15H2,1-2H3/t19-,20+,25-/m0/s1. The van der Waals surface area contributed by atoms with Gasteiger partial charge in [0, 0.05) is 46.9 Å². The second-order valence-corrected chi connectivity index (χ2v) is 11.4. The quantitative estimate of drug-likeness (QED) is 0.456. The summed E-state index contributed by atoms with van der Waals surface area (Å²) in [7, 11) is 1.91. The molecule has 188 valence electrons. The summed E-state index contributed by atoms with van der Waals surface area (Å²) in [5.74, 6) is 0.870. The Bertz CT molecular complexity index is 1310. The van der Waals surface area contributed by atoms with Gasteiger partial charge in [-0.1, -0.05) is 23.7 Å². The smallest absolute Gasteiger partial charge is 0.258 e. The number of aromatic nitrogens is 3. The van der Waals surface area contributed by atoms with Crippen molar-refractivity contribution in [3.63, 3.8) is 0 Å². The van der Waals surface area contributed by atoms with Gasteiger partial charge in [-0.2, -0.15) is 0 Å². The molecule has 2 fully saturated rings. The number of hydrogen-bond donors (Lipinski definition) is 1. The molecule has 1 atom stereocenters. The summed E-state index contributed by atoms with van der Waals surface area (Å²) in [6.45, 7) is 3.38. The summed E-state index contributed by atoms with van der Waals surface area (Å²) in [6.07, 6.45) is 5.56. The number of rotatable bonds is 7. The summed E-state index contributed by atoms with van der Waals surface area (Å²) in [5, 5.41) is 12.7. The molecule has 1 aromatic heterocycles. The molecular weight excluding hydrogens is 477 g/mol. The van der Waals surface area contributed by atoms with Crippen LogP contribution in [0.2, 0.25) is 5.02 Å². The first-order chi connectivity index (χ1) is 17.3. The number of amides is 1. The first-order valence-corrected chi connectivity index (χ1v) is 13.2. The lowest BCUT2D eigenvalue weighted by Crippen LogP contribution is -2.47. The number of carbonyl (C=O) groups excluding carboxylic acids is 1. The highest BCUT2D eigenvalue weighted by molar-refractivity contribution is 6.32. The van der Waals surface area contributed by atoms with Crippen LogP contribution in [0.25, 0.3) is 0 Å². The lowest BCUT2D eigenvalue weighted by Gasteiger charge is -2.39. The van der Waals surface area contributed by atoms with Gasteiger partial charge in [0.2, 0.25) is 0 Å². The summed E-state index contributed by atoms with van der Waals surface area (Å²) in [5.41, 5.74) is 4.60. The Morgan fingerprint density at radius 3 is 2.72 bits per heavy atom. The van der Waals surface area contributed by atoms with Crippen molar-refractivity contribution in [2.45, 2.75) is 69.7 Å². The molecule has 1 N–H and O–H groups in total. The van der Waals surface area contributed by atoms with Crippen LogP contribution in [0.5, 0.6) is 0 Å². The largest absolute Gasteiger partial charge is 0.320 e. The van der Waals surface area contributed by atoms with Crippen LogP contribution < -0.4 is 10.2 Å². The van der Waals surface area contributed by atoms with Gasteiger partial charge in [-0.15, -0.1) is 10.2 Å². The lowest BCUT2D eigenvalue weighted by atomic mass is 9.71. The number of nitrogens with one attached hydrogen (secondary N) is 1. The molecule has 1 aliphatic heterocycles. The average molecular weight is 508 g/mol. The van der Waals surface area contributed by atoms with E-state index in [4.69, 9.17) is 11.6 Å². The van der Waals surface area contributed by atoms with Crippen LogP contribution >= 0.6 is 11.6 Å². The maximum absolute atomic E-state index is 13.8. The minimum atomic E-state index is -0.763. The first kappa shape index (κ1) is 23.6. The third-order valence-electron chi connectivity index (χ3n) is 8.38. The number of benzene rings is 2. The Labute approximate surface area is 215 Å². The highest BCUT2D eigenvalue weighted by Gasteiger charge is 2.39. The molecule has 2 heterocycles. The van der Waals surface area contributed by atoms with Crippen LogP contribution in [-0.2, 0) is 20.1 Å². The minimum absolute atomic E-state index is 0.0385. The minimum Gasteiger partial charge on any atom is -0.320 e. The summed E-state index contributed by atoms with van der Waals surface area (Å²) in [4.78, 5) is 15.3. The van der Waals surface area contributed by atoms with E-state index in [1.165, 1.54) is 19.3 Å². The van der Waals surface area contributed by atoms with Crippen molar-refractivity contribution < 1.29 is 9.18 Å². The number of halogens is 2. The zero-order valence-corrected chi connectivity index (χ0v) is 21.4. The van der Waals surface area contributed by atoms with Crippen LogP contribution in [0.15, 0.2) is 42.7 Å². The predicted octanol–water partition coefficient (Wildman–Crippen LogP) is 5.54. The number of fused-ring (bicyclic) bond motifs is 1. The molecule has 2 aliphatic carbocycles. The van der Waals surface area contributed by atoms with Crippen LogP contribution in [-0.4, -0.2) is 32.4 Å². The van der Waals surface area contributed by atoms with Crippen molar-refractivity contribution in [1.82, 2.24) is 20.1 Å². The molecule has 0 unspecified atom stereocenters. The summed E-state index contributed by atoms with van der Waals surface area (Å²) >= 11 is 6.68. The number of aryl methyl sites for hydroxylation is 1. The van der Waals surface area contributed by atoms with Gasteiger partial charge in [0.25, 0.3) is 5.91 Å². The van der Waals surface area contributed by atoms with Gasteiger partial charge in [-0.25, -0.2) is 4.39 Å². The first-order valence-electron chi connectivity index (χ1n) is 12.8. The maximum atomic E-state index is 13.8. The fraction of sp³-hybridized carbons (Fsp3) is 0.464. The monoisotopic (exact) mass is 507 g/mol. The van der Waals surface area contributed by atoms with E-state index in [2.05, 4.69) is 22.4 Å². The zero-order valence-electron chi connectivity index (χ0n) is 20.7. The predicted molar refractivity (Wildman–Crippen MR) is 138 cm³/mol. The van der Waals surface area contributed by atoms with E-state index in [1.807, 2.05) is 48.0 Å². The van der Waals surface area contributed by atoms with Crippen molar-refractivity contribution >= 4 is 23.2 Å². The van der Waals surface area contributed by atoms with Gasteiger partial charge in [0.15, 0.2) is 0 Å². The van der Waals surface area contributed by atoms with Crippen molar-refractivity contribution in [3.8, 4) is 0 Å². The molecule has 0 saturated heterocycles. The van der Waals surface area contributed by atoms with Crippen molar-refractivity contribution in [3.05, 3.63) is 75.8 Å². The third kappa shape index (κ3) is 4.12. The number of alkyl halides is 1. The van der Waals surface area contributed by atoms with Crippen LogP contribution in [0.1, 0.15) is 77.8 Å². The van der Waals surface area contributed by atoms with Gasteiger partial charge in [-0.3, -0.25) is 4.79 Å². The molecule has 8 heteroatoms. The van der Waals surface area contributed by atoms with Crippen LogP contribution in [0, 0.1) is 5.92 Å². The summed E-state index contributed by atoms with van der Waals surface area (Å²) < 4.78 is 15.7. The van der Waals surface area contributed by atoms with E-state index in [1.54, 1.807) is 11.2 Å². The normalized spacial score (nSPS) is 23.2. The molecule has 2 aromatic carbocycles. The molecular formula is C28H31ClFN5O. The van der Waals surface area contributed by atoms with E-state index in [9.17, 15) is 9.18 Å². The highest BCUT2D eigenvalue weighted by Crippen LogP contribution is 2.45. The second kappa shape index (κ2) is 8.96. The van der Waals surface area contributed by atoms with Crippen molar-refractivity contribution in [1.29, 1.82) is 0 Å². The number of anilines is 1. The van der Waals surface area contributed by atoms with Gasteiger partial charge in [0.05, 0.1) is 6.54 Å². The number of carbonyl (C=O) groups is 1. The zero-order chi connectivity index (χ0) is 25.0. The molecule has 0 bridgehead atoms. The third-order valence-corrected chi connectivity index (χ3v) is 8.71. The molecule has 6 rings (SSSR count). The Hall–Kier alpha value is -2.77. The fourth-order valence-corrected chi connectivity index (χ4v) is 6.18. The Balaban J connectivity index is 1.27. The van der Waals surface area contributed by atoms with Gasteiger partial charge >= 0.3 is 0 Å². The Morgan fingerprint density at radius 1 is 1.25 bits per heavy atom.